The molecule has 1 N–H and O–H groups in total. The molecule has 0 fully saturated rings. The molecule has 3 rings (SSSR count). The lowest BCUT2D eigenvalue weighted by molar-refractivity contribution is -0.143. The van der Waals surface area contributed by atoms with Crippen LogP contribution in [0.2, 0.25) is 5.02 Å². The van der Waals surface area contributed by atoms with Crippen LogP contribution in [0, 0.1) is 0 Å². The van der Waals surface area contributed by atoms with Gasteiger partial charge in [0.05, 0.1) is 27.9 Å². The van der Waals surface area contributed by atoms with E-state index in [1.807, 2.05) is 4.72 Å². The largest absolute Gasteiger partial charge is 0.417 e. The maximum absolute atomic E-state index is 13.0. The molecule has 2 aromatic heterocycles. The van der Waals surface area contributed by atoms with Crippen molar-refractivity contribution in [1.82, 2.24) is 14.5 Å². The molecule has 0 amide bonds. The van der Waals surface area contributed by atoms with E-state index >= 15 is 0 Å². The molecule has 0 aliphatic carbocycles. The van der Waals surface area contributed by atoms with Gasteiger partial charge in [-0.2, -0.15) is 39.5 Å². The van der Waals surface area contributed by atoms with Gasteiger partial charge in [-0.3, -0.25) is 9.29 Å². The molecule has 3 aromatic rings. The van der Waals surface area contributed by atoms with Gasteiger partial charge in [0.15, 0.2) is 21.8 Å². The Hall–Kier alpha value is -2.81. The number of pyridine rings is 1. The Balaban J connectivity index is 1.98. The zero-order valence-electron chi connectivity index (χ0n) is 15.5. The highest BCUT2D eigenvalue weighted by atomic mass is 35.5. The van der Waals surface area contributed by atoms with Crippen LogP contribution in [-0.2, 0) is 29.5 Å². The van der Waals surface area contributed by atoms with Crippen molar-refractivity contribution in [2.45, 2.75) is 23.6 Å². The van der Waals surface area contributed by atoms with Crippen LogP contribution >= 0.6 is 11.6 Å². The molecule has 0 aliphatic heterocycles. The van der Waals surface area contributed by atoms with E-state index in [0.29, 0.717) is 24.4 Å². The summed E-state index contributed by atoms with van der Waals surface area (Å²) < 4.78 is 132. The molecular formula is C17H8ClF9N4OS. The van der Waals surface area contributed by atoms with Gasteiger partial charge in [-0.05, 0) is 24.3 Å². The third-order valence-corrected chi connectivity index (χ3v) is 5.35. The highest BCUT2D eigenvalue weighted by molar-refractivity contribution is 7.86. The maximum Gasteiger partial charge on any atom is 0.417 e. The molecule has 1 unspecified atom stereocenters. The van der Waals surface area contributed by atoms with E-state index in [9.17, 15) is 43.7 Å². The van der Waals surface area contributed by atoms with E-state index < -0.39 is 56.9 Å². The number of hydrogen-bond acceptors (Lipinski definition) is 3. The van der Waals surface area contributed by atoms with Crippen LogP contribution in [0.4, 0.5) is 45.2 Å². The number of rotatable bonds is 4. The second kappa shape index (κ2) is 8.52. The Bertz CT molecular complexity index is 1170. The predicted octanol–water partition coefficient (Wildman–Crippen LogP) is 6.11. The maximum atomic E-state index is 13.0. The van der Waals surface area contributed by atoms with Gasteiger partial charge in [-0.15, -0.1) is 0 Å². The van der Waals surface area contributed by atoms with Crippen LogP contribution in [0.25, 0.3) is 5.82 Å². The Kier molecular flexibility index (Phi) is 6.41. The van der Waals surface area contributed by atoms with E-state index in [4.69, 9.17) is 11.6 Å². The molecule has 33 heavy (non-hydrogen) atoms. The number of nitrogens with one attached hydrogen (secondary N) is 1. The van der Waals surface area contributed by atoms with E-state index in [1.165, 1.54) is 0 Å². The first-order valence-corrected chi connectivity index (χ1v) is 9.83. The van der Waals surface area contributed by atoms with Gasteiger partial charge in [-0.25, -0.2) is 14.2 Å². The highest BCUT2D eigenvalue weighted by Crippen LogP contribution is 2.38. The van der Waals surface area contributed by atoms with Gasteiger partial charge in [0.1, 0.15) is 6.33 Å². The van der Waals surface area contributed by atoms with E-state index in [2.05, 4.69) is 9.97 Å². The number of nitrogens with zero attached hydrogens (tertiary/aromatic N) is 3. The van der Waals surface area contributed by atoms with Gasteiger partial charge in [-0.1, -0.05) is 11.6 Å². The number of aromatic nitrogens is 3. The average Bonchev–Trinajstić information content (AvgIpc) is 3.15. The summed E-state index contributed by atoms with van der Waals surface area (Å²) in [6.07, 6.45) is -12.7. The zero-order valence-corrected chi connectivity index (χ0v) is 17.1. The van der Waals surface area contributed by atoms with Crippen LogP contribution in [0.5, 0.6) is 0 Å². The first-order valence-electron chi connectivity index (χ1n) is 8.31. The molecule has 0 spiro atoms. The predicted molar refractivity (Wildman–Crippen MR) is 97.8 cm³/mol. The molecule has 1 aromatic carbocycles. The quantitative estimate of drug-likeness (QED) is 0.421. The molecule has 178 valence electrons. The van der Waals surface area contributed by atoms with Crippen molar-refractivity contribution in [3.63, 3.8) is 0 Å². The lowest BCUT2D eigenvalue weighted by Gasteiger charge is -2.15. The molecule has 0 bridgehead atoms. The second-order valence-electron chi connectivity index (χ2n) is 6.29. The van der Waals surface area contributed by atoms with Crippen LogP contribution in [-0.4, -0.2) is 18.7 Å². The Morgan fingerprint density at radius 2 is 1.36 bits per heavy atom. The first-order chi connectivity index (χ1) is 15.1. The Morgan fingerprint density at radius 1 is 0.818 bits per heavy atom. The van der Waals surface area contributed by atoms with Crippen LogP contribution in [0.15, 0.2) is 48.0 Å². The molecule has 16 heteroatoms. The number of benzene rings is 1. The molecule has 0 saturated heterocycles. The van der Waals surface area contributed by atoms with Crippen molar-refractivity contribution in [3.05, 3.63) is 64.7 Å². The Morgan fingerprint density at radius 3 is 1.85 bits per heavy atom. The second-order valence-corrected chi connectivity index (χ2v) is 7.86. The van der Waals surface area contributed by atoms with Gasteiger partial charge < -0.3 is 0 Å². The smallest absolute Gasteiger partial charge is 0.300 e. The van der Waals surface area contributed by atoms with Crippen molar-refractivity contribution in [2.75, 3.05) is 4.72 Å². The topological polar surface area (TPSA) is 59.8 Å². The van der Waals surface area contributed by atoms with Gasteiger partial charge in [0.25, 0.3) is 0 Å². The van der Waals surface area contributed by atoms with Gasteiger partial charge >= 0.3 is 18.5 Å². The monoisotopic (exact) mass is 522 g/mol. The average molecular weight is 523 g/mol. The van der Waals surface area contributed by atoms with Crippen LogP contribution < -0.4 is 4.72 Å². The number of hydrogen-bond donors (Lipinski definition) is 1. The van der Waals surface area contributed by atoms with Crippen molar-refractivity contribution in [2.24, 2.45) is 0 Å². The fourth-order valence-corrected chi connectivity index (χ4v) is 3.68. The standard InChI is InChI=1S/C17H8ClF9N4OS/c18-12-4-10(17(25,26)27)5-29-14(12)31-7-28-6-13(31)33(32)30-11-2-8(15(19,20)21)1-9(3-11)16(22,23)24/h1-7,30H. The van der Waals surface area contributed by atoms with E-state index in [1.54, 1.807) is 0 Å². The van der Waals surface area contributed by atoms with Gasteiger partial charge in [0.2, 0.25) is 0 Å². The minimum absolute atomic E-state index is 0.107. The fourth-order valence-electron chi connectivity index (χ4n) is 2.52. The SMILES string of the molecule is O=S(Nc1cc(C(F)(F)F)cc(C(F)(F)F)c1)c1cncn1-c1ncc(C(F)(F)F)cc1Cl. The molecular weight excluding hydrogens is 515 g/mol. The van der Waals surface area contributed by atoms with Crippen molar-refractivity contribution >= 4 is 28.3 Å². The summed E-state index contributed by atoms with van der Waals surface area (Å²) in [5.41, 5.74) is -5.24. The summed E-state index contributed by atoms with van der Waals surface area (Å²) in [7, 11) is -2.52. The van der Waals surface area contributed by atoms with Crippen molar-refractivity contribution < 1.29 is 43.7 Å². The number of anilines is 1. The number of imidazole rings is 1. The lowest BCUT2D eigenvalue weighted by atomic mass is 10.1. The number of alkyl halides is 9. The summed E-state index contributed by atoms with van der Waals surface area (Å²) in [6.45, 7) is 0. The molecule has 0 aliphatic rings. The van der Waals surface area contributed by atoms with E-state index in [0.717, 1.165) is 17.1 Å². The summed E-state index contributed by atoms with van der Waals surface area (Å²) >= 11 is 5.83. The van der Waals surface area contributed by atoms with Crippen molar-refractivity contribution in [3.8, 4) is 5.82 Å². The molecule has 1 atom stereocenters. The van der Waals surface area contributed by atoms with Crippen LogP contribution in [0.1, 0.15) is 16.7 Å². The highest BCUT2D eigenvalue weighted by Gasteiger charge is 2.37. The molecule has 5 nitrogen and oxygen atoms in total. The zero-order chi connectivity index (χ0) is 24.8. The third kappa shape index (κ3) is 5.58. The molecule has 0 radical (unpaired) electrons. The summed E-state index contributed by atoms with van der Waals surface area (Å²) in [5, 5.41) is -0.894. The fraction of sp³-hybridized carbons (Fsp3) is 0.176. The summed E-state index contributed by atoms with van der Waals surface area (Å²) in [4.78, 5) is 7.18. The van der Waals surface area contributed by atoms with Crippen molar-refractivity contribution in [1.29, 1.82) is 0 Å². The normalized spacial score (nSPS) is 13.8. The summed E-state index contributed by atoms with van der Waals surface area (Å²) in [5.74, 6) is -0.354. The lowest BCUT2D eigenvalue weighted by Crippen LogP contribution is -2.15. The van der Waals surface area contributed by atoms with Gasteiger partial charge in [0, 0.05) is 11.9 Å². The third-order valence-electron chi connectivity index (χ3n) is 3.97. The first kappa shape index (κ1) is 24.8. The minimum Gasteiger partial charge on any atom is -0.300 e. The number of halogens is 10. The molecule has 0 saturated carbocycles. The molecule has 2 heterocycles. The van der Waals surface area contributed by atoms with Crippen LogP contribution in [0.3, 0.4) is 0 Å². The minimum atomic E-state index is -5.13. The van der Waals surface area contributed by atoms with E-state index in [-0.39, 0.29) is 16.9 Å². The Labute approximate surface area is 185 Å². The summed E-state index contributed by atoms with van der Waals surface area (Å²) in [6, 6.07) is 1.06.